The Bertz CT molecular complexity index is 1360. The number of fused-ring (bicyclic) bond motifs is 2. The number of ketones is 2. The maximum absolute atomic E-state index is 13.2. The minimum atomic E-state index is -4.77. The molecule has 0 fully saturated rings. The Balaban J connectivity index is 2.05. The van der Waals surface area contributed by atoms with Crippen LogP contribution in [0.15, 0.2) is 53.4 Å². The zero-order chi connectivity index (χ0) is 21.8. The molecule has 1 aliphatic rings. The van der Waals surface area contributed by atoms with E-state index in [1.165, 1.54) is 12.1 Å². The van der Waals surface area contributed by atoms with E-state index in [1.54, 1.807) is 37.3 Å². The molecule has 0 bridgehead atoms. The van der Waals surface area contributed by atoms with E-state index in [9.17, 15) is 22.6 Å². The Labute approximate surface area is 172 Å². The number of hydrogen-bond donors (Lipinski definition) is 4. The highest BCUT2D eigenvalue weighted by Crippen LogP contribution is 2.40. The second kappa shape index (κ2) is 6.68. The monoisotopic (exact) mass is 423 g/mol. The Morgan fingerprint density at radius 3 is 2.07 bits per heavy atom. The molecular formula is C21H17N3O5S. The summed E-state index contributed by atoms with van der Waals surface area (Å²) < 4.78 is 33.5. The number of carbonyl (C=O) groups is 2. The van der Waals surface area contributed by atoms with Crippen LogP contribution in [-0.2, 0) is 10.1 Å². The van der Waals surface area contributed by atoms with Crippen LogP contribution in [0.25, 0.3) is 0 Å². The number of anilines is 4. The van der Waals surface area contributed by atoms with Crippen LogP contribution in [0.3, 0.4) is 0 Å². The molecule has 0 atom stereocenters. The van der Waals surface area contributed by atoms with Gasteiger partial charge in [-0.2, -0.15) is 8.42 Å². The number of carbonyl (C=O) groups excluding carboxylic acids is 2. The zero-order valence-electron chi connectivity index (χ0n) is 15.8. The van der Waals surface area contributed by atoms with Gasteiger partial charge in [-0.05, 0) is 30.7 Å². The van der Waals surface area contributed by atoms with Crippen LogP contribution in [0.4, 0.5) is 22.7 Å². The number of benzene rings is 3. The van der Waals surface area contributed by atoms with Crippen molar-refractivity contribution in [1.29, 1.82) is 0 Å². The van der Waals surface area contributed by atoms with Gasteiger partial charge in [-0.15, -0.1) is 0 Å². The van der Waals surface area contributed by atoms with Crippen LogP contribution < -0.4 is 16.8 Å². The third-order valence-electron chi connectivity index (χ3n) is 5.12. The van der Waals surface area contributed by atoms with Crippen molar-refractivity contribution in [3.63, 3.8) is 0 Å². The van der Waals surface area contributed by atoms with Gasteiger partial charge in [-0.1, -0.05) is 30.3 Å². The first-order chi connectivity index (χ1) is 14.1. The van der Waals surface area contributed by atoms with Crippen LogP contribution in [0.5, 0.6) is 0 Å². The average Bonchev–Trinajstić information content (AvgIpc) is 2.69. The molecular weight excluding hydrogens is 406 g/mol. The summed E-state index contributed by atoms with van der Waals surface area (Å²) in [4.78, 5) is 25.7. The molecule has 0 radical (unpaired) electrons. The number of nitrogens with one attached hydrogen (secondary N) is 1. The highest BCUT2D eigenvalue weighted by atomic mass is 32.2. The van der Waals surface area contributed by atoms with E-state index in [2.05, 4.69) is 5.32 Å². The molecule has 4 rings (SSSR count). The van der Waals surface area contributed by atoms with Gasteiger partial charge in [-0.3, -0.25) is 14.1 Å². The fraction of sp³-hybridized carbons (Fsp3) is 0.0476. The van der Waals surface area contributed by atoms with E-state index >= 15 is 0 Å². The van der Waals surface area contributed by atoms with Crippen molar-refractivity contribution in [2.45, 2.75) is 11.8 Å². The molecule has 0 spiro atoms. The van der Waals surface area contributed by atoms with Gasteiger partial charge in [0.25, 0.3) is 10.1 Å². The van der Waals surface area contributed by atoms with Gasteiger partial charge in [0.1, 0.15) is 4.90 Å². The molecule has 0 aromatic heterocycles. The minimum Gasteiger partial charge on any atom is -0.398 e. The third kappa shape index (κ3) is 2.92. The lowest BCUT2D eigenvalue weighted by Gasteiger charge is -2.24. The predicted octanol–water partition coefficient (Wildman–Crippen LogP) is 2.93. The molecule has 0 heterocycles. The number of nitrogen functional groups attached to an aromatic ring is 2. The number of nitrogens with two attached hydrogens (primary N) is 2. The normalized spacial score (nSPS) is 13.0. The van der Waals surface area contributed by atoms with Gasteiger partial charge in [0, 0.05) is 22.5 Å². The fourth-order valence-corrected chi connectivity index (χ4v) is 4.19. The SMILES string of the molecule is Cc1c(N)cccc1Nc1cc(S(=O)(=O)O)c(N)c2c1C(=O)c1ccccc1C2=O. The smallest absolute Gasteiger partial charge is 0.296 e. The molecule has 9 heteroatoms. The molecule has 0 saturated heterocycles. The maximum Gasteiger partial charge on any atom is 0.296 e. The molecule has 8 nitrogen and oxygen atoms in total. The Morgan fingerprint density at radius 2 is 1.47 bits per heavy atom. The van der Waals surface area contributed by atoms with E-state index < -0.39 is 32.3 Å². The topological polar surface area (TPSA) is 153 Å². The standard InChI is InChI=1S/C21H17N3O5S/c1-10-13(22)7-4-8-14(10)24-15-9-16(30(27,28)29)19(23)18-17(15)20(25)11-5-2-3-6-12(11)21(18)26/h2-9,24H,22-23H2,1H3,(H,27,28,29). The Morgan fingerprint density at radius 1 is 0.867 bits per heavy atom. The summed E-state index contributed by atoms with van der Waals surface area (Å²) >= 11 is 0. The van der Waals surface area contributed by atoms with Crippen LogP contribution in [0.2, 0.25) is 0 Å². The van der Waals surface area contributed by atoms with Crippen LogP contribution >= 0.6 is 0 Å². The summed E-state index contributed by atoms with van der Waals surface area (Å²) in [5.74, 6) is -1.09. The zero-order valence-corrected chi connectivity index (χ0v) is 16.6. The van der Waals surface area contributed by atoms with Gasteiger partial charge in [0.2, 0.25) is 0 Å². The van der Waals surface area contributed by atoms with Gasteiger partial charge < -0.3 is 16.8 Å². The largest absolute Gasteiger partial charge is 0.398 e. The summed E-state index contributed by atoms with van der Waals surface area (Å²) in [5.41, 5.74) is 13.0. The van der Waals surface area contributed by atoms with E-state index in [4.69, 9.17) is 11.5 Å². The highest BCUT2D eigenvalue weighted by molar-refractivity contribution is 7.86. The molecule has 30 heavy (non-hydrogen) atoms. The van der Waals surface area contributed by atoms with Crippen molar-refractivity contribution in [1.82, 2.24) is 0 Å². The average molecular weight is 423 g/mol. The molecule has 3 aromatic carbocycles. The summed E-state index contributed by atoms with van der Waals surface area (Å²) in [5, 5.41) is 2.98. The maximum atomic E-state index is 13.2. The predicted molar refractivity (Wildman–Crippen MR) is 113 cm³/mol. The van der Waals surface area contributed by atoms with Crippen molar-refractivity contribution in [3.05, 3.63) is 76.3 Å². The van der Waals surface area contributed by atoms with Crippen molar-refractivity contribution in [2.24, 2.45) is 0 Å². The van der Waals surface area contributed by atoms with Gasteiger partial charge in [-0.25, -0.2) is 0 Å². The summed E-state index contributed by atoms with van der Waals surface area (Å²) in [7, 11) is -4.77. The van der Waals surface area contributed by atoms with Gasteiger partial charge in [0.15, 0.2) is 11.6 Å². The van der Waals surface area contributed by atoms with E-state index in [0.717, 1.165) is 6.07 Å². The Kier molecular flexibility index (Phi) is 4.37. The summed E-state index contributed by atoms with van der Waals surface area (Å²) in [6.45, 7) is 1.74. The molecule has 1 aliphatic carbocycles. The summed E-state index contributed by atoms with van der Waals surface area (Å²) in [6.07, 6.45) is 0. The van der Waals surface area contributed by atoms with Crippen LogP contribution in [0, 0.1) is 6.92 Å². The molecule has 3 aromatic rings. The van der Waals surface area contributed by atoms with Gasteiger partial charge >= 0.3 is 0 Å². The van der Waals surface area contributed by atoms with E-state index in [0.29, 0.717) is 16.9 Å². The van der Waals surface area contributed by atoms with E-state index in [-0.39, 0.29) is 27.9 Å². The first kappa shape index (κ1) is 19.6. The summed E-state index contributed by atoms with van der Waals surface area (Å²) in [6, 6.07) is 12.3. The minimum absolute atomic E-state index is 0.0216. The number of hydrogen-bond acceptors (Lipinski definition) is 7. The molecule has 6 N–H and O–H groups in total. The lowest BCUT2D eigenvalue weighted by atomic mass is 9.82. The molecule has 0 amide bonds. The molecule has 0 aliphatic heterocycles. The van der Waals surface area contributed by atoms with Crippen molar-refractivity contribution >= 4 is 44.4 Å². The lowest BCUT2D eigenvalue weighted by molar-refractivity contribution is 0.0980. The third-order valence-corrected chi connectivity index (χ3v) is 6.02. The first-order valence-corrected chi connectivity index (χ1v) is 10.3. The van der Waals surface area contributed by atoms with Crippen molar-refractivity contribution < 1.29 is 22.6 Å². The van der Waals surface area contributed by atoms with Gasteiger partial charge in [0.05, 0.1) is 22.5 Å². The lowest BCUT2D eigenvalue weighted by Crippen LogP contribution is -2.25. The van der Waals surface area contributed by atoms with Crippen LogP contribution in [0.1, 0.15) is 37.4 Å². The molecule has 0 unspecified atom stereocenters. The second-order valence-electron chi connectivity index (χ2n) is 6.91. The molecule has 0 saturated carbocycles. The molecule has 152 valence electrons. The Hall–Kier alpha value is -3.69. The first-order valence-electron chi connectivity index (χ1n) is 8.85. The van der Waals surface area contributed by atoms with E-state index in [1.807, 2.05) is 0 Å². The highest BCUT2D eigenvalue weighted by Gasteiger charge is 2.36. The van der Waals surface area contributed by atoms with Crippen LogP contribution in [-0.4, -0.2) is 24.5 Å². The second-order valence-corrected chi connectivity index (χ2v) is 8.30. The quantitative estimate of drug-likeness (QED) is 0.290. The van der Waals surface area contributed by atoms with Crippen molar-refractivity contribution in [3.8, 4) is 0 Å². The number of rotatable bonds is 3. The fourth-order valence-electron chi connectivity index (χ4n) is 3.54. The van der Waals surface area contributed by atoms with Crippen molar-refractivity contribution in [2.75, 3.05) is 16.8 Å².